The van der Waals surface area contributed by atoms with Gasteiger partial charge in [-0.15, -0.1) is 0 Å². The standard InChI is InChI=1S/C49H35NO/c1-49(2)44-18-9-8-15-43(44)46-45(49)30-29-42-41-17-10-16-40(47(41)51-48(42)46)35-22-26-38(27-23-35)50(39-28-21-33-13-6-7-14-36(33)31-39)37-24-19-34(20-25-37)32-11-4-3-5-12-32/h3-31H,1-2H3. The monoisotopic (exact) mass is 653 g/mol. The van der Waals surface area contributed by atoms with Gasteiger partial charge in [0.05, 0.1) is 0 Å². The molecule has 9 aromatic rings. The summed E-state index contributed by atoms with van der Waals surface area (Å²) >= 11 is 0. The van der Waals surface area contributed by atoms with Gasteiger partial charge in [-0.05, 0) is 80.6 Å². The maximum atomic E-state index is 6.93. The highest BCUT2D eigenvalue weighted by Crippen LogP contribution is 2.53. The summed E-state index contributed by atoms with van der Waals surface area (Å²) in [4.78, 5) is 2.34. The third-order valence-electron chi connectivity index (χ3n) is 10.9. The molecule has 242 valence electrons. The average Bonchev–Trinajstić information content (AvgIpc) is 3.68. The van der Waals surface area contributed by atoms with E-state index in [0.717, 1.165) is 50.1 Å². The van der Waals surface area contributed by atoms with Gasteiger partial charge in [0.1, 0.15) is 11.2 Å². The smallest absolute Gasteiger partial charge is 0.143 e. The quantitative estimate of drug-likeness (QED) is 0.184. The van der Waals surface area contributed by atoms with E-state index in [1.165, 1.54) is 44.2 Å². The van der Waals surface area contributed by atoms with E-state index in [2.05, 4.69) is 195 Å². The molecule has 1 aromatic heterocycles. The van der Waals surface area contributed by atoms with Gasteiger partial charge in [-0.25, -0.2) is 0 Å². The summed E-state index contributed by atoms with van der Waals surface area (Å²) in [6, 6.07) is 63.5. The van der Waals surface area contributed by atoms with Gasteiger partial charge >= 0.3 is 0 Å². The van der Waals surface area contributed by atoms with Crippen LogP contribution in [0.1, 0.15) is 25.0 Å². The molecule has 1 heterocycles. The Morgan fingerprint density at radius 1 is 0.412 bits per heavy atom. The second kappa shape index (κ2) is 11.3. The lowest BCUT2D eigenvalue weighted by molar-refractivity contribution is 0.653. The summed E-state index contributed by atoms with van der Waals surface area (Å²) in [7, 11) is 0. The van der Waals surface area contributed by atoms with Crippen LogP contribution < -0.4 is 4.90 Å². The molecule has 10 rings (SSSR count). The molecule has 1 aliphatic carbocycles. The van der Waals surface area contributed by atoms with E-state index in [4.69, 9.17) is 4.42 Å². The first-order chi connectivity index (χ1) is 25.0. The Balaban J connectivity index is 1.08. The Kier molecular flexibility index (Phi) is 6.56. The summed E-state index contributed by atoms with van der Waals surface area (Å²) < 4.78 is 6.93. The molecule has 51 heavy (non-hydrogen) atoms. The normalized spacial score (nSPS) is 13.1. The van der Waals surface area contributed by atoms with Crippen molar-refractivity contribution in [1.29, 1.82) is 0 Å². The first kappa shape index (κ1) is 29.5. The van der Waals surface area contributed by atoms with Gasteiger partial charge in [0.2, 0.25) is 0 Å². The molecule has 0 amide bonds. The topological polar surface area (TPSA) is 16.4 Å². The molecular formula is C49H35NO. The van der Waals surface area contributed by atoms with Crippen molar-refractivity contribution in [2.45, 2.75) is 19.3 Å². The van der Waals surface area contributed by atoms with E-state index in [9.17, 15) is 0 Å². The van der Waals surface area contributed by atoms with Gasteiger partial charge in [-0.2, -0.15) is 0 Å². The minimum absolute atomic E-state index is 0.0729. The molecule has 0 fully saturated rings. The van der Waals surface area contributed by atoms with E-state index in [-0.39, 0.29) is 5.41 Å². The van der Waals surface area contributed by atoms with Gasteiger partial charge < -0.3 is 9.32 Å². The molecule has 0 bridgehead atoms. The fraction of sp³-hybridized carbons (Fsp3) is 0.0612. The summed E-state index contributed by atoms with van der Waals surface area (Å²) in [6.07, 6.45) is 0. The number of benzene rings is 8. The molecule has 0 atom stereocenters. The molecule has 1 aliphatic rings. The fourth-order valence-corrected chi connectivity index (χ4v) is 8.26. The molecule has 0 saturated carbocycles. The van der Waals surface area contributed by atoms with E-state index >= 15 is 0 Å². The second-order valence-electron chi connectivity index (χ2n) is 14.1. The molecule has 0 unspecified atom stereocenters. The van der Waals surface area contributed by atoms with Gasteiger partial charge in [-0.3, -0.25) is 0 Å². The SMILES string of the molecule is CC1(C)c2ccccc2-c2c1ccc1c2oc2c(-c3ccc(N(c4ccc(-c5ccccc5)cc4)c4ccc5ccccc5c4)cc3)cccc21. The fourth-order valence-electron chi connectivity index (χ4n) is 8.26. The average molecular weight is 654 g/mol. The first-order valence-electron chi connectivity index (χ1n) is 17.7. The second-order valence-corrected chi connectivity index (χ2v) is 14.1. The van der Waals surface area contributed by atoms with Crippen LogP contribution in [0.25, 0.3) is 66.1 Å². The van der Waals surface area contributed by atoms with Gasteiger partial charge in [0.25, 0.3) is 0 Å². The van der Waals surface area contributed by atoms with Crippen molar-refractivity contribution in [2.24, 2.45) is 0 Å². The van der Waals surface area contributed by atoms with Crippen LogP contribution in [0.2, 0.25) is 0 Å². The summed E-state index contributed by atoms with van der Waals surface area (Å²) in [5.74, 6) is 0. The van der Waals surface area contributed by atoms with Gasteiger partial charge in [-0.1, -0.05) is 153 Å². The Labute approximate surface area is 297 Å². The van der Waals surface area contributed by atoms with Crippen molar-refractivity contribution in [3.63, 3.8) is 0 Å². The number of nitrogens with zero attached hydrogens (tertiary/aromatic N) is 1. The van der Waals surface area contributed by atoms with Crippen molar-refractivity contribution in [3.8, 4) is 33.4 Å². The van der Waals surface area contributed by atoms with Crippen molar-refractivity contribution in [1.82, 2.24) is 0 Å². The van der Waals surface area contributed by atoms with Crippen LogP contribution in [-0.4, -0.2) is 0 Å². The maximum Gasteiger partial charge on any atom is 0.143 e. The van der Waals surface area contributed by atoms with Crippen LogP contribution in [0.5, 0.6) is 0 Å². The van der Waals surface area contributed by atoms with Crippen molar-refractivity contribution >= 4 is 49.8 Å². The lowest BCUT2D eigenvalue weighted by Crippen LogP contribution is -2.14. The third kappa shape index (κ3) is 4.64. The molecule has 0 aliphatic heterocycles. The number of rotatable bonds is 5. The van der Waals surface area contributed by atoms with Gasteiger partial charge in [0.15, 0.2) is 0 Å². The van der Waals surface area contributed by atoms with E-state index in [0.29, 0.717) is 0 Å². The first-order valence-corrected chi connectivity index (χ1v) is 17.7. The van der Waals surface area contributed by atoms with Crippen molar-refractivity contribution < 1.29 is 4.42 Å². The summed E-state index contributed by atoms with van der Waals surface area (Å²) in [6.45, 7) is 4.63. The largest absolute Gasteiger partial charge is 0.455 e. The molecule has 2 nitrogen and oxygen atoms in total. The Morgan fingerprint density at radius 2 is 1.02 bits per heavy atom. The van der Waals surface area contributed by atoms with Crippen LogP contribution in [0, 0.1) is 0 Å². The highest BCUT2D eigenvalue weighted by molar-refractivity contribution is 6.14. The van der Waals surface area contributed by atoms with E-state index in [1.54, 1.807) is 0 Å². The predicted molar refractivity (Wildman–Crippen MR) is 214 cm³/mol. The maximum absolute atomic E-state index is 6.93. The molecule has 2 heteroatoms. The highest BCUT2D eigenvalue weighted by atomic mass is 16.3. The van der Waals surface area contributed by atoms with Crippen LogP contribution in [0.3, 0.4) is 0 Å². The minimum atomic E-state index is -0.0729. The Morgan fingerprint density at radius 3 is 1.80 bits per heavy atom. The van der Waals surface area contributed by atoms with Crippen LogP contribution in [-0.2, 0) is 5.41 Å². The number of fused-ring (bicyclic) bond motifs is 8. The van der Waals surface area contributed by atoms with Gasteiger partial charge in [0, 0.05) is 44.4 Å². The van der Waals surface area contributed by atoms with Crippen LogP contribution >= 0.6 is 0 Å². The predicted octanol–water partition coefficient (Wildman–Crippen LogP) is 13.8. The number of anilines is 3. The zero-order chi connectivity index (χ0) is 34.1. The van der Waals surface area contributed by atoms with Crippen molar-refractivity contribution in [2.75, 3.05) is 4.90 Å². The highest BCUT2D eigenvalue weighted by Gasteiger charge is 2.37. The lowest BCUT2D eigenvalue weighted by Gasteiger charge is -2.26. The molecule has 8 aromatic carbocycles. The number of furan rings is 1. The van der Waals surface area contributed by atoms with Crippen LogP contribution in [0.15, 0.2) is 180 Å². The number of hydrogen-bond donors (Lipinski definition) is 0. The molecule has 0 saturated heterocycles. The number of hydrogen-bond acceptors (Lipinski definition) is 2. The summed E-state index contributed by atoms with van der Waals surface area (Å²) in [5.41, 5.74) is 15.0. The zero-order valence-corrected chi connectivity index (χ0v) is 28.6. The minimum Gasteiger partial charge on any atom is -0.455 e. The molecule has 0 radical (unpaired) electrons. The molecule has 0 N–H and O–H groups in total. The van der Waals surface area contributed by atoms with Crippen molar-refractivity contribution in [3.05, 3.63) is 187 Å². The van der Waals surface area contributed by atoms with Crippen LogP contribution in [0.4, 0.5) is 17.1 Å². The zero-order valence-electron chi connectivity index (χ0n) is 28.6. The Bertz CT molecular complexity index is 2750. The lowest BCUT2D eigenvalue weighted by atomic mass is 9.82. The van der Waals surface area contributed by atoms with E-state index in [1.807, 2.05) is 0 Å². The molecular weight excluding hydrogens is 619 g/mol. The molecule has 0 spiro atoms. The summed E-state index contributed by atoms with van der Waals surface area (Å²) in [5, 5.41) is 4.75. The Hall–Kier alpha value is -6.38. The number of para-hydroxylation sites is 1. The third-order valence-corrected chi connectivity index (χ3v) is 10.9. The van der Waals surface area contributed by atoms with E-state index < -0.39 is 0 Å².